The molecule has 2 amide bonds. The molecular formula is C29H30N8O. The lowest BCUT2D eigenvalue weighted by atomic mass is 9.89. The Labute approximate surface area is 222 Å². The quantitative estimate of drug-likeness (QED) is 0.369. The first-order valence-electron chi connectivity index (χ1n) is 12.8. The number of urea groups is 1. The average molecular weight is 507 g/mol. The number of benzene rings is 1. The standard InChI is InChI=1S/C29H30N8O/c1-36-20-24(19-34-36)23-5-9-26(10-6-23)37(29(38)33-18-22-3-2-14-31-16-22)27-11-7-25(8-12-27)35-28-13-4-21(15-30)17-32-28/h2-6,9-10,13-14,16-17,19-20,25,27H,7-8,11-12,18H2,1H3,(H,32,35)(H,33,38)/t25-,27-. The smallest absolute Gasteiger partial charge is 0.322 e. The van der Waals surface area contributed by atoms with Gasteiger partial charge in [-0.15, -0.1) is 0 Å². The van der Waals surface area contributed by atoms with Crippen LogP contribution in [0.4, 0.5) is 16.3 Å². The van der Waals surface area contributed by atoms with Gasteiger partial charge in [0, 0.05) is 61.7 Å². The van der Waals surface area contributed by atoms with Gasteiger partial charge in [0.2, 0.25) is 0 Å². The molecule has 1 aliphatic carbocycles. The fraction of sp³-hybridized carbons (Fsp3) is 0.276. The first-order valence-corrected chi connectivity index (χ1v) is 12.8. The van der Waals surface area contributed by atoms with E-state index in [1.54, 1.807) is 29.3 Å². The molecule has 0 unspecified atom stereocenters. The second-order valence-corrected chi connectivity index (χ2v) is 9.53. The fourth-order valence-electron chi connectivity index (χ4n) is 4.88. The van der Waals surface area contributed by atoms with Gasteiger partial charge in [-0.1, -0.05) is 18.2 Å². The topological polar surface area (TPSA) is 112 Å². The van der Waals surface area contributed by atoms with E-state index in [4.69, 9.17) is 5.26 Å². The van der Waals surface area contributed by atoms with Crippen LogP contribution in [0.25, 0.3) is 11.1 Å². The molecule has 0 radical (unpaired) electrons. The number of anilines is 2. The molecule has 0 bridgehead atoms. The lowest BCUT2D eigenvalue weighted by molar-refractivity contribution is 0.240. The number of aromatic nitrogens is 4. The number of hydrogen-bond donors (Lipinski definition) is 2. The molecule has 192 valence electrons. The normalized spacial score (nSPS) is 16.8. The Morgan fingerprint density at radius 3 is 2.50 bits per heavy atom. The van der Waals surface area contributed by atoms with Crippen molar-refractivity contribution in [2.75, 3.05) is 10.2 Å². The molecule has 1 fully saturated rings. The highest BCUT2D eigenvalue weighted by molar-refractivity contribution is 5.93. The molecule has 3 heterocycles. The van der Waals surface area contributed by atoms with Gasteiger partial charge in [0.15, 0.2) is 0 Å². The van der Waals surface area contributed by atoms with Gasteiger partial charge >= 0.3 is 6.03 Å². The van der Waals surface area contributed by atoms with Crippen LogP contribution in [0.1, 0.15) is 36.8 Å². The molecule has 1 saturated carbocycles. The van der Waals surface area contributed by atoms with Gasteiger partial charge in [0.25, 0.3) is 0 Å². The van der Waals surface area contributed by atoms with Crippen molar-refractivity contribution < 1.29 is 4.79 Å². The summed E-state index contributed by atoms with van der Waals surface area (Å²) in [6, 6.07) is 17.8. The maximum Gasteiger partial charge on any atom is 0.322 e. The second kappa shape index (κ2) is 11.6. The van der Waals surface area contributed by atoms with Gasteiger partial charge in [-0.05, 0) is 67.1 Å². The molecule has 0 saturated heterocycles. The van der Waals surface area contributed by atoms with Crippen molar-refractivity contribution in [3.05, 3.63) is 90.6 Å². The predicted molar refractivity (Wildman–Crippen MR) is 146 cm³/mol. The first-order chi connectivity index (χ1) is 18.6. The summed E-state index contributed by atoms with van der Waals surface area (Å²) >= 11 is 0. The molecule has 1 aromatic carbocycles. The van der Waals surface area contributed by atoms with Crippen molar-refractivity contribution in [1.82, 2.24) is 25.1 Å². The fourth-order valence-corrected chi connectivity index (χ4v) is 4.88. The molecule has 9 heteroatoms. The Morgan fingerprint density at radius 2 is 1.87 bits per heavy atom. The van der Waals surface area contributed by atoms with Gasteiger partial charge in [-0.2, -0.15) is 10.4 Å². The molecule has 0 atom stereocenters. The first kappa shape index (κ1) is 25.0. The van der Waals surface area contributed by atoms with Crippen LogP contribution in [-0.2, 0) is 13.6 Å². The van der Waals surface area contributed by atoms with Crippen LogP contribution in [0.3, 0.4) is 0 Å². The molecule has 38 heavy (non-hydrogen) atoms. The maximum atomic E-state index is 13.5. The molecule has 0 spiro atoms. The Balaban J connectivity index is 1.29. The van der Waals surface area contributed by atoms with E-state index in [1.165, 1.54) is 0 Å². The number of carbonyl (C=O) groups is 1. The Kier molecular flexibility index (Phi) is 7.59. The van der Waals surface area contributed by atoms with Crippen molar-refractivity contribution >= 4 is 17.5 Å². The second-order valence-electron chi connectivity index (χ2n) is 9.53. The average Bonchev–Trinajstić information content (AvgIpc) is 3.40. The summed E-state index contributed by atoms with van der Waals surface area (Å²) in [7, 11) is 1.90. The summed E-state index contributed by atoms with van der Waals surface area (Å²) in [4.78, 5) is 23.9. The molecule has 0 aliphatic heterocycles. The number of amides is 2. The minimum atomic E-state index is -0.117. The number of hydrogen-bond acceptors (Lipinski definition) is 6. The third kappa shape index (κ3) is 5.98. The highest BCUT2D eigenvalue weighted by Gasteiger charge is 2.30. The van der Waals surface area contributed by atoms with Gasteiger partial charge in [-0.3, -0.25) is 14.6 Å². The Bertz CT molecular complexity index is 1390. The van der Waals surface area contributed by atoms with Crippen molar-refractivity contribution in [3.63, 3.8) is 0 Å². The summed E-state index contributed by atoms with van der Waals surface area (Å²) in [6.45, 7) is 0.415. The van der Waals surface area contributed by atoms with Crippen LogP contribution < -0.4 is 15.5 Å². The molecule has 5 rings (SSSR count). The van der Waals surface area contributed by atoms with E-state index in [0.717, 1.165) is 53.9 Å². The van der Waals surface area contributed by atoms with Crippen molar-refractivity contribution in [2.45, 2.75) is 44.3 Å². The highest BCUT2D eigenvalue weighted by Crippen LogP contribution is 2.31. The van der Waals surface area contributed by atoms with E-state index in [9.17, 15) is 4.79 Å². The molecular weight excluding hydrogens is 476 g/mol. The number of nitriles is 1. The lowest BCUT2D eigenvalue weighted by Crippen LogP contribution is -2.48. The third-order valence-corrected chi connectivity index (χ3v) is 6.88. The van der Waals surface area contributed by atoms with Gasteiger partial charge in [0.1, 0.15) is 11.9 Å². The summed E-state index contributed by atoms with van der Waals surface area (Å²) < 4.78 is 1.78. The summed E-state index contributed by atoms with van der Waals surface area (Å²) in [5.74, 6) is 0.768. The monoisotopic (exact) mass is 506 g/mol. The molecule has 4 aromatic rings. The van der Waals surface area contributed by atoms with Crippen molar-refractivity contribution in [1.29, 1.82) is 5.26 Å². The van der Waals surface area contributed by atoms with Crippen LogP contribution in [0, 0.1) is 11.3 Å². The van der Waals surface area contributed by atoms with Crippen molar-refractivity contribution in [3.8, 4) is 17.2 Å². The Morgan fingerprint density at radius 1 is 1.05 bits per heavy atom. The van der Waals surface area contributed by atoms with Gasteiger partial charge < -0.3 is 10.6 Å². The highest BCUT2D eigenvalue weighted by atomic mass is 16.2. The number of carbonyl (C=O) groups excluding carboxylic acids is 1. The maximum absolute atomic E-state index is 13.5. The minimum absolute atomic E-state index is 0.0696. The third-order valence-electron chi connectivity index (χ3n) is 6.88. The summed E-state index contributed by atoms with van der Waals surface area (Å²) in [5.41, 5.74) is 4.46. The molecule has 1 aliphatic rings. The van der Waals surface area contributed by atoms with Gasteiger partial charge in [0.05, 0.1) is 11.8 Å². The zero-order valence-electron chi connectivity index (χ0n) is 21.3. The molecule has 3 aromatic heterocycles. The molecule has 2 N–H and O–H groups in total. The van der Waals surface area contributed by atoms with Crippen LogP contribution >= 0.6 is 0 Å². The van der Waals surface area contributed by atoms with Crippen LogP contribution in [0.15, 0.2) is 79.5 Å². The minimum Gasteiger partial charge on any atom is -0.367 e. The zero-order valence-corrected chi connectivity index (χ0v) is 21.3. The van der Waals surface area contributed by atoms with Gasteiger partial charge in [-0.25, -0.2) is 9.78 Å². The van der Waals surface area contributed by atoms with Crippen molar-refractivity contribution in [2.24, 2.45) is 7.05 Å². The number of nitrogens with zero attached hydrogens (tertiary/aromatic N) is 6. The van der Waals surface area contributed by atoms with E-state index in [2.05, 4.69) is 31.8 Å². The van der Waals surface area contributed by atoms with Crippen LogP contribution in [0.2, 0.25) is 0 Å². The number of nitrogens with one attached hydrogen (secondary N) is 2. The van der Waals surface area contributed by atoms with E-state index < -0.39 is 0 Å². The zero-order chi connectivity index (χ0) is 26.3. The number of pyridine rings is 2. The van der Waals surface area contributed by atoms with Crippen LogP contribution in [-0.4, -0.2) is 37.9 Å². The van der Waals surface area contributed by atoms with E-state index >= 15 is 0 Å². The van der Waals surface area contributed by atoms with Crippen LogP contribution in [0.5, 0.6) is 0 Å². The Hall–Kier alpha value is -4.71. The molecule has 9 nitrogen and oxygen atoms in total. The predicted octanol–water partition coefficient (Wildman–Crippen LogP) is 4.89. The van der Waals surface area contributed by atoms with E-state index in [0.29, 0.717) is 12.1 Å². The summed E-state index contributed by atoms with van der Waals surface area (Å²) in [6.07, 6.45) is 12.4. The van der Waals surface area contributed by atoms with E-state index in [1.807, 2.05) is 66.8 Å². The largest absolute Gasteiger partial charge is 0.367 e. The summed E-state index contributed by atoms with van der Waals surface area (Å²) in [5, 5.41) is 19.8. The number of rotatable bonds is 7. The van der Waals surface area contributed by atoms with E-state index in [-0.39, 0.29) is 18.1 Å². The SMILES string of the molecule is Cn1cc(-c2ccc(N(C(=O)NCc3cccnc3)[C@H]3CC[C@H](Nc4ccc(C#N)cn4)CC3)cc2)cn1. The number of aryl methyl sites for hydroxylation is 1. The lowest BCUT2D eigenvalue weighted by Gasteiger charge is -2.37.